The molecule has 0 radical (unpaired) electrons. The molecule has 128 valence electrons. The Kier molecular flexibility index (Phi) is 3.93. The largest absolute Gasteiger partial charge is 0.497 e. The number of hydrogen-bond acceptors (Lipinski definition) is 6. The Bertz CT molecular complexity index is 857. The van der Waals surface area contributed by atoms with Gasteiger partial charge in [0.2, 0.25) is 11.8 Å². The lowest BCUT2D eigenvalue weighted by atomic mass is 10.1. The van der Waals surface area contributed by atoms with Crippen LogP contribution in [0, 0.1) is 0 Å². The second-order valence-electron chi connectivity index (χ2n) is 5.94. The lowest BCUT2D eigenvalue weighted by Crippen LogP contribution is -2.23. The zero-order chi connectivity index (χ0) is 17.2. The van der Waals surface area contributed by atoms with Gasteiger partial charge < -0.3 is 14.2 Å². The first-order valence-corrected chi connectivity index (χ1v) is 7.97. The van der Waals surface area contributed by atoms with Gasteiger partial charge in [0.05, 0.1) is 24.9 Å². The van der Waals surface area contributed by atoms with Gasteiger partial charge in [-0.2, -0.15) is 10.1 Å². The molecule has 0 aliphatic carbocycles. The second-order valence-corrected chi connectivity index (χ2v) is 5.94. The molecule has 1 aromatic carbocycles. The van der Waals surface area contributed by atoms with Crippen LogP contribution < -0.4 is 9.64 Å². The molecular formula is C17H17N5O3. The van der Waals surface area contributed by atoms with Crippen molar-refractivity contribution >= 4 is 11.6 Å². The fraction of sp³-hybridized carbons (Fsp3) is 0.294. The summed E-state index contributed by atoms with van der Waals surface area (Å²) in [7, 11) is 1.64. The number of nitrogens with one attached hydrogen (secondary N) is 1. The number of carbonyl (C=O) groups excluding carboxylic acids is 1. The van der Waals surface area contributed by atoms with Crippen LogP contribution in [0.25, 0.3) is 0 Å². The highest BCUT2D eigenvalue weighted by Gasteiger charge is 2.35. The lowest BCUT2D eigenvalue weighted by molar-refractivity contribution is -0.117. The normalized spacial score (nSPS) is 17.2. The Morgan fingerprint density at radius 3 is 2.92 bits per heavy atom. The van der Waals surface area contributed by atoms with Crippen molar-refractivity contribution in [1.29, 1.82) is 0 Å². The van der Waals surface area contributed by atoms with Crippen LogP contribution in [0.4, 0.5) is 5.69 Å². The van der Waals surface area contributed by atoms with Crippen LogP contribution in [0.2, 0.25) is 0 Å². The molecule has 1 aliphatic heterocycles. The maximum atomic E-state index is 12.2. The van der Waals surface area contributed by atoms with Crippen LogP contribution in [0.1, 0.15) is 29.6 Å². The fourth-order valence-electron chi connectivity index (χ4n) is 2.95. The Balaban J connectivity index is 1.45. The van der Waals surface area contributed by atoms with E-state index in [0.29, 0.717) is 31.1 Å². The predicted octanol–water partition coefficient (Wildman–Crippen LogP) is 1.91. The van der Waals surface area contributed by atoms with E-state index in [1.165, 1.54) is 0 Å². The summed E-state index contributed by atoms with van der Waals surface area (Å²) >= 11 is 0. The number of hydrogen-bond donors (Lipinski definition) is 1. The topological polar surface area (TPSA) is 97.1 Å². The van der Waals surface area contributed by atoms with Crippen LogP contribution >= 0.6 is 0 Å². The van der Waals surface area contributed by atoms with Crippen LogP contribution in [-0.2, 0) is 11.2 Å². The Hall–Kier alpha value is -3.16. The summed E-state index contributed by atoms with van der Waals surface area (Å²) in [4.78, 5) is 18.3. The van der Waals surface area contributed by atoms with Gasteiger partial charge in [-0.05, 0) is 17.7 Å². The van der Waals surface area contributed by atoms with E-state index in [0.717, 1.165) is 17.0 Å². The van der Waals surface area contributed by atoms with Gasteiger partial charge >= 0.3 is 0 Å². The summed E-state index contributed by atoms with van der Waals surface area (Å²) in [5.41, 5.74) is 1.82. The lowest BCUT2D eigenvalue weighted by Gasteiger charge is -2.12. The third-order valence-corrected chi connectivity index (χ3v) is 4.27. The number of methoxy groups -OCH3 is 1. The molecule has 4 rings (SSSR count). The average Bonchev–Trinajstić information content (AvgIpc) is 3.36. The Morgan fingerprint density at radius 2 is 2.20 bits per heavy atom. The molecule has 1 fully saturated rings. The number of aromatic nitrogens is 4. The number of carbonyl (C=O) groups is 1. The molecule has 25 heavy (non-hydrogen) atoms. The third kappa shape index (κ3) is 3.10. The summed E-state index contributed by atoms with van der Waals surface area (Å²) in [6.45, 7) is 0.516. The molecule has 1 aliphatic rings. The zero-order valence-electron chi connectivity index (χ0n) is 13.7. The van der Waals surface area contributed by atoms with Crippen molar-refractivity contribution in [3.63, 3.8) is 0 Å². The maximum absolute atomic E-state index is 12.2. The molecule has 1 amide bonds. The standard InChI is InChI=1S/C17H17N5O3/c1-24-14-4-2-11(3-5-14)6-15-20-17(25-21-15)12-7-16(23)22(10-12)13-8-18-19-9-13/h2-5,8-9,12H,6-7,10H2,1H3,(H,18,19). The van der Waals surface area contributed by atoms with Crippen LogP contribution in [-0.4, -0.2) is 39.9 Å². The minimum Gasteiger partial charge on any atom is -0.497 e. The summed E-state index contributed by atoms with van der Waals surface area (Å²) < 4.78 is 10.5. The van der Waals surface area contributed by atoms with Gasteiger partial charge in [0.25, 0.3) is 0 Å². The molecular weight excluding hydrogens is 322 g/mol. The van der Waals surface area contributed by atoms with E-state index in [1.807, 2.05) is 24.3 Å². The van der Waals surface area contributed by atoms with Crippen LogP contribution in [0.3, 0.4) is 0 Å². The van der Waals surface area contributed by atoms with Gasteiger partial charge in [-0.3, -0.25) is 9.89 Å². The molecule has 1 N–H and O–H groups in total. The van der Waals surface area contributed by atoms with E-state index in [2.05, 4.69) is 20.3 Å². The van der Waals surface area contributed by atoms with Gasteiger partial charge in [0.15, 0.2) is 5.82 Å². The first-order valence-electron chi connectivity index (χ1n) is 7.97. The predicted molar refractivity (Wildman–Crippen MR) is 88.4 cm³/mol. The van der Waals surface area contributed by atoms with E-state index in [4.69, 9.17) is 9.26 Å². The third-order valence-electron chi connectivity index (χ3n) is 4.27. The minimum absolute atomic E-state index is 0.0290. The quantitative estimate of drug-likeness (QED) is 0.763. The molecule has 1 saturated heterocycles. The highest BCUT2D eigenvalue weighted by atomic mass is 16.5. The number of aromatic amines is 1. The van der Waals surface area contributed by atoms with Gasteiger partial charge in [-0.1, -0.05) is 17.3 Å². The number of anilines is 1. The summed E-state index contributed by atoms with van der Waals surface area (Å²) in [6, 6.07) is 7.73. The summed E-state index contributed by atoms with van der Waals surface area (Å²) in [5, 5.41) is 10.6. The molecule has 0 bridgehead atoms. The van der Waals surface area contributed by atoms with Crippen molar-refractivity contribution in [1.82, 2.24) is 20.3 Å². The number of benzene rings is 1. The highest BCUT2D eigenvalue weighted by molar-refractivity contribution is 5.96. The van der Waals surface area contributed by atoms with Gasteiger partial charge in [-0.25, -0.2) is 0 Å². The van der Waals surface area contributed by atoms with Crippen molar-refractivity contribution in [2.45, 2.75) is 18.8 Å². The van der Waals surface area contributed by atoms with Crippen molar-refractivity contribution in [2.75, 3.05) is 18.6 Å². The molecule has 3 heterocycles. The van der Waals surface area contributed by atoms with Gasteiger partial charge in [-0.15, -0.1) is 0 Å². The van der Waals surface area contributed by atoms with Gasteiger partial charge in [0, 0.05) is 25.6 Å². The Morgan fingerprint density at radius 1 is 1.36 bits per heavy atom. The minimum atomic E-state index is -0.0977. The highest BCUT2D eigenvalue weighted by Crippen LogP contribution is 2.30. The maximum Gasteiger partial charge on any atom is 0.232 e. The molecule has 2 aromatic heterocycles. The molecule has 0 spiro atoms. The van der Waals surface area contributed by atoms with E-state index < -0.39 is 0 Å². The van der Waals surface area contributed by atoms with E-state index in [1.54, 1.807) is 24.4 Å². The van der Waals surface area contributed by atoms with Crippen molar-refractivity contribution < 1.29 is 14.1 Å². The number of H-pyrrole nitrogens is 1. The first-order chi connectivity index (χ1) is 12.2. The van der Waals surface area contributed by atoms with Crippen molar-refractivity contribution in [2.24, 2.45) is 0 Å². The first kappa shape index (κ1) is 15.4. The number of rotatable bonds is 5. The SMILES string of the molecule is COc1ccc(Cc2noc(C3CC(=O)N(c4cn[nH]c4)C3)n2)cc1. The summed E-state index contributed by atoms with van der Waals surface area (Å²) in [5.74, 6) is 1.85. The van der Waals surface area contributed by atoms with Crippen molar-refractivity contribution in [3.8, 4) is 5.75 Å². The van der Waals surface area contributed by atoms with Crippen molar-refractivity contribution in [3.05, 3.63) is 53.9 Å². The average molecular weight is 339 g/mol. The van der Waals surface area contributed by atoms with E-state index >= 15 is 0 Å². The number of amides is 1. The van der Waals surface area contributed by atoms with Gasteiger partial charge in [0.1, 0.15) is 5.75 Å². The second kappa shape index (κ2) is 6.39. The summed E-state index contributed by atoms with van der Waals surface area (Å²) in [6.07, 6.45) is 4.25. The number of ether oxygens (including phenoxy) is 1. The zero-order valence-corrected chi connectivity index (χ0v) is 13.7. The molecule has 8 heteroatoms. The van der Waals surface area contributed by atoms with E-state index in [9.17, 15) is 4.79 Å². The molecule has 1 atom stereocenters. The Labute approximate surface area is 143 Å². The molecule has 1 unspecified atom stereocenters. The molecule has 0 saturated carbocycles. The van der Waals surface area contributed by atoms with Crippen LogP contribution in [0.5, 0.6) is 5.75 Å². The smallest absolute Gasteiger partial charge is 0.232 e. The molecule has 8 nitrogen and oxygen atoms in total. The monoisotopic (exact) mass is 339 g/mol. The van der Waals surface area contributed by atoms with E-state index in [-0.39, 0.29) is 11.8 Å². The molecule has 3 aromatic rings. The van der Waals surface area contributed by atoms with Crippen LogP contribution in [0.15, 0.2) is 41.2 Å². The number of nitrogens with zero attached hydrogens (tertiary/aromatic N) is 4. The fourth-order valence-corrected chi connectivity index (χ4v) is 2.95.